The summed E-state index contributed by atoms with van der Waals surface area (Å²) in [6.45, 7) is 0. The Balaban J connectivity index is 2.34. The summed E-state index contributed by atoms with van der Waals surface area (Å²) in [5, 5.41) is -0.361. The van der Waals surface area contributed by atoms with Gasteiger partial charge < -0.3 is 0 Å². The molecule has 0 aliphatic carbocycles. The van der Waals surface area contributed by atoms with Crippen molar-refractivity contribution in [3.05, 3.63) is 69.8 Å². The third-order valence-electron chi connectivity index (χ3n) is 3.06. The molecule has 2 aromatic carbocycles. The van der Waals surface area contributed by atoms with Crippen LogP contribution in [0.1, 0.15) is 17.2 Å². The minimum absolute atomic E-state index is 0.0827. The van der Waals surface area contributed by atoms with E-state index in [-0.39, 0.29) is 22.6 Å². The number of hydrogen-bond acceptors (Lipinski definition) is 2. The molecule has 0 radical (unpaired) electrons. The Morgan fingerprint density at radius 3 is 2.33 bits per heavy atom. The van der Waals surface area contributed by atoms with E-state index in [1.54, 1.807) is 0 Å². The fraction of sp³-hybridized carbons (Fsp3) is 0.143. The smallest absolute Gasteiger partial charge is 0.142 e. The van der Waals surface area contributed by atoms with Crippen LogP contribution >= 0.6 is 11.6 Å². The van der Waals surface area contributed by atoms with E-state index < -0.39 is 29.3 Å². The van der Waals surface area contributed by atoms with Gasteiger partial charge in [0.05, 0.1) is 11.1 Å². The highest BCUT2D eigenvalue weighted by molar-refractivity contribution is 6.30. The largest absolute Gasteiger partial charge is 0.271 e. The summed E-state index contributed by atoms with van der Waals surface area (Å²) in [6.07, 6.45) is -0.0827. The molecular weight excluding hydrogens is 308 g/mol. The van der Waals surface area contributed by atoms with Gasteiger partial charge in [-0.15, -0.1) is 0 Å². The highest BCUT2D eigenvalue weighted by atomic mass is 35.5. The van der Waals surface area contributed by atoms with E-state index in [2.05, 4.69) is 5.43 Å². The van der Waals surface area contributed by atoms with E-state index >= 15 is 0 Å². The second-order valence-corrected chi connectivity index (χ2v) is 4.85. The third-order valence-corrected chi connectivity index (χ3v) is 3.35. The molecule has 0 amide bonds. The van der Waals surface area contributed by atoms with Crippen molar-refractivity contribution in [1.29, 1.82) is 0 Å². The summed E-state index contributed by atoms with van der Waals surface area (Å²) in [5.74, 6) is 2.23. The third kappa shape index (κ3) is 3.53. The van der Waals surface area contributed by atoms with Crippen molar-refractivity contribution in [2.75, 3.05) is 0 Å². The monoisotopic (exact) mass is 318 g/mol. The molecule has 1 atom stereocenters. The van der Waals surface area contributed by atoms with E-state index in [9.17, 15) is 17.6 Å². The van der Waals surface area contributed by atoms with Crippen LogP contribution < -0.4 is 11.3 Å². The van der Waals surface area contributed by atoms with E-state index in [0.717, 1.165) is 18.2 Å². The molecule has 0 heterocycles. The van der Waals surface area contributed by atoms with Crippen molar-refractivity contribution < 1.29 is 17.6 Å². The fourth-order valence-corrected chi connectivity index (χ4v) is 2.12. The molecule has 0 saturated carbocycles. The number of hydrogen-bond donors (Lipinski definition) is 2. The van der Waals surface area contributed by atoms with Crippen molar-refractivity contribution in [2.45, 2.75) is 12.5 Å². The van der Waals surface area contributed by atoms with Gasteiger partial charge in [-0.1, -0.05) is 17.7 Å². The first-order valence-electron chi connectivity index (χ1n) is 5.97. The summed E-state index contributed by atoms with van der Waals surface area (Å²) in [6, 6.07) is 3.82. The van der Waals surface area contributed by atoms with E-state index in [4.69, 9.17) is 17.4 Å². The zero-order valence-corrected chi connectivity index (χ0v) is 11.4. The zero-order valence-electron chi connectivity index (χ0n) is 10.6. The van der Waals surface area contributed by atoms with Crippen molar-refractivity contribution in [3.8, 4) is 0 Å². The van der Waals surface area contributed by atoms with Crippen LogP contribution in [0.25, 0.3) is 0 Å². The molecule has 7 heteroatoms. The Hall–Kier alpha value is -1.63. The Morgan fingerprint density at radius 1 is 1.00 bits per heavy atom. The molecule has 0 aromatic heterocycles. The van der Waals surface area contributed by atoms with Crippen LogP contribution in [0.15, 0.2) is 30.3 Å². The van der Waals surface area contributed by atoms with Gasteiger partial charge in [-0.3, -0.25) is 11.3 Å². The van der Waals surface area contributed by atoms with Gasteiger partial charge in [0.15, 0.2) is 0 Å². The van der Waals surface area contributed by atoms with Crippen LogP contribution in [0.3, 0.4) is 0 Å². The predicted molar refractivity (Wildman–Crippen MR) is 71.5 cm³/mol. The Kier molecular flexibility index (Phi) is 4.82. The average molecular weight is 319 g/mol. The summed E-state index contributed by atoms with van der Waals surface area (Å²) in [7, 11) is 0. The number of hydrazine groups is 1. The minimum atomic E-state index is -0.892. The maximum Gasteiger partial charge on any atom is 0.142 e. The van der Waals surface area contributed by atoms with Crippen molar-refractivity contribution in [3.63, 3.8) is 0 Å². The van der Waals surface area contributed by atoms with Crippen molar-refractivity contribution in [2.24, 2.45) is 5.84 Å². The lowest BCUT2D eigenvalue weighted by Crippen LogP contribution is -2.30. The lowest BCUT2D eigenvalue weighted by molar-refractivity contribution is 0.490. The lowest BCUT2D eigenvalue weighted by Gasteiger charge is -2.18. The molecule has 2 aromatic rings. The Bertz CT molecular complexity index is 664. The van der Waals surface area contributed by atoms with E-state index in [1.165, 1.54) is 6.07 Å². The highest BCUT2D eigenvalue weighted by Crippen LogP contribution is 2.26. The number of benzene rings is 2. The molecule has 112 valence electrons. The topological polar surface area (TPSA) is 38.0 Å². The van der Waals surface area contributed by atoms with Crippen LogP contribution in [0.5, 0.6) is 0 Å². The van der Waals surface area contributed by atoms with Gasteiger partial charge in [0.1, 0.15) is 23.3 Å². The molecule has 2 nitrogen and oxygen atoms in total. The van der Waals surface area contributed by atoms with E-state index in [1.807, 2.05) is 0 Å². The van der Waals surface area contributed by atoms with E-state index in [0.29, 0.717) is 6.07 Å². The molecule has 0 aliphatic heterocycles. The summed E-state index contributed by atoms with van der Waals surface area (Å²) in [4.78, 5) is 0. The molecule has 0 fully saturated rings. The summed E-state index contributed by atoms with van der Waals surface area (Å²) < 4.78 is 53.7. The molecule has 0 bridgehead atoms. The van der Waals surface area contributed by atoms with Gasteiger partial charge >= 0.3 is 0 Å². The van der Waals surface area contributed by atoms with Gasteiger partial charge in [-0.05, 0) is 30.2 Å². The van der Waals surface area contributed by atoms with Crippen molar-refractivity contribution >= 4 is 11.6 Å². The van der Waals surface area contributed by atoms with Gasteiger partial charge in [-0.25, -0.2) is 17.6 Å². The second-order valence-electron chi connectivity index (χ2n) is 4.45. The molecule has 0 spiro atoms. The first kappa shape index (κ1) is 15.8. The number of nitrogens with two attached hydrogens (primary N) is 1. The average Bonchev–Trinajstić information content (AvgIpc) is 2.43. The molecule has 1 unspecified atom stereocenters. The lowest BCUT2D eigenvalue weighted by atomic mass is 9.98. The minimum Gasteiger partial charge on any atom is -0.271 e. The maximum absolute atomic E-state index is 13.8. The second kappa shape index (κ2) is 6.43. The summed E-state index contributed by atoms with van der Waals surface area (Å²) in [5.41, 5.74) is 2.31. The summed E-state index contributed by atoms with van der Waals surface area (Å²) >= 11 is 5.47. The zero-order chi connectivity index (χ0) is 15.6. The molecular formula is C14H11ClF4N2. The molecule has 0 aliphatic rings. The maximum atomic E-state index is 13.8. The molecule has 0 saturated heterocycles. The first-order valence-corrected chi connectivity index (χ1v) is 6.34. The molecule has 21 heavy (non-hydrogen) atoms. The fourth-order valence-electron chi connectivity index (χ4n) is 1.97. The Labute approximate surface area is 123 Å². The van der Waals surface area contributed by atoms with Crippen LogP contribution in [-0.2, 0) is 6.42 Å². The molecule has 2 rings (SSSR count). The molecule has 3 N–H and O–H groups in total. The SMILES string of the molecule is NNC(Cc1ccc(F)cc1F)c1cc(F)c(Cl)cc1F. The first-order chi connectivity index (χ1) is 9.92. The van der Waals surface area contributed by atoms with Gasteiger partial charge in [-0.2, -0.15) is 0 Å². The van der Waals surface area contributed by atoms with Crippen LogP contribution in [-0.4, -0.2) is 0 Å². The highest BCUT2D eigenvalue weighted by Gasteiger charge is 2.19. The number of rotatable bonds is 4. The predicted octanol–water partition coefficient (Wildman–Crippen LogP) is 3.64. The van der Waals surface area contributed by atoms with Gasteiger partial charge in [0.25, 0.3) is 0 Å². The van der Waals surface area contributed by atoms with Crippen molar-refractivity contribution in [1.82, 2.24) is 5.43 Å². The van der Waals surface area contributed by atoms with Crippen LogP contribution in [0.2, 0.25) is 5.02 Å². The van der Waals surface area contributed by atoms with Crippen LogP contribution in [0, 0.1) is 23.3 Å². The van der Waals surface area contributed by atoms with Gasteiger partial charge in [0.2, 0.25) is 0 Å². The normalized spacial score (nSPS) is 12.5. The van der Waals surface area contributed by atoms with Crippen LogP contribution in [0.4, 0.5) is 17.6 Å². The quantitative estimate of drug-likeness (QED) is 0.391. The standard InChI is InChI=1S/C14H11ClF4N2/c15-10-6-12(18)9(5-13(10)19)14(21-20)3-7-1-2-8(16)4-11(7)17/h1-2,4-6,14,21H,3,20H2. The Morgan fingerprint density at radius 2 is 1.71 bits per heavy atom. The van der Waals surface area contributed by atoms with Gasteiger partial charge in [0, 0.05) is 11.6 Å². The number of nitrogens with one attached hydrogen (secondary N) is 1. The number of halogens is 5.